The number of methoxy groups -OCH3 is 1. The van der Waals surface area contributed by atoms with E-state index in [1.54, 1.807) is 56.6 Å². The first kappa shape index (κ1) is 19.7. The van der Waals surface area contributed by atoms with Crippen LogP contribution in [0.4, 0.5) is 0 Å². The van der Waals surface area contributed by atoms with Crippen molar-refractivity contribution < 1.29 is 22.7 Å². The number of amidine groups is 1. The molecule has 0 aliphatic carbocycles. The third kappa shape index (κ3) is 4.42. The van der Waals surface area contributed by atoms with Crippen molar-refractivity contribution in [1.29, 1.82) is 0 Å². The van der Waals surface area contributed by atoms with Gasteiger partial charge < -0.3 is 14.4 Å². The minimum atomic E-state index is -3.61. The fourth-order valence-electron chi connectivity index (χ4n) is 2.62. The number of fused-ring (bicyclic) bond motifs is 1. The van der Waals surface area contributed by atoms with Gasteiger partial charge in [0.2, 0.25) is 5.91 Å². The largest absolute Gasteiger partial charge is 0.497 e. The summed E-state index contributed by atoms with van der Waals surface area (Å²) >= 11 is 0. The van der Waals surface area contributed by atoms with Crippen molar-refractivity contribution in [2.24, 2.45) is 4.99 Å². The van der Waals surface area contributed by atoms with E-state index in [2.05, 4.69) is 9.71 Å². The summed E-state index contributed by atoms with van der Waals surface area (Å²) in [6.07, 6.45) is 0. The Balaban J connectivity index is 1.52. The van der Waals surface area contributed by atoms with Crippen LogP contribution in [0.1, 0.15) is 5.56 Å². The van der Waals surface area contributed by atoms with Crippen LogP contribution in [0, 0.1) is 0 Å². The predicted octanol–water partition coefficient (Wildman–Crippen LogP) is 1.27. The molecule has 8 nitrogen and oxygen atoms in total. The number of ether oxygens (including phenoxy) is 2. The van der Waals surface area contributed by atoms with Gasteiger partial charge >= 0.3 is 0 Å². The number of rotatable bonds is 7. The number of aliphatic imine (C=N–C) groups is 1. The van der Waals surface area contributed by atoms with Crippen molar-refractivity contribution >= 4 is 21.8 Å². The highest BCUT2D eigenvalue weighted by molar-refractivity contribution is 7.90. The molecule has 0 aromatic heterocycles. The summed E-state index contributed by atoms with van der Waals surface area (Å²) in [4.78, 5) is 18.1. The average molecular weight is 403 g/mol. The topological polar surface area (TPSA) is 97.3 Å². The second-order valence-electron chi connectivity index (χ2n) is 6.11. The van der Waals surface area contributed by atoms with Crippen LogP contribution in [0.5, 0.6) is 11.5 Å². The molecule has 9 heteroatoms. The van der Waals surface area contributed by atoms with Gasteiger partial charge in [-0.1, -0.05) is 12.1 Å². The number of nitrogens with one attached hydrogen (secondary N) is 1. The second-order valence-corrected chi connectivity index (χ2v) is 7.76. The molecule has 0 atom stereocenters. The number of sulfonamides is 1. The SMILES string of the molecule is COc1ccc(OCCN(C)C(=O)CN=C2NS(=O)(=O)c3ccccc32)cc1. The number of benzene rings is 2. The van der Waals surface area contributed by atoms with Crippen LogP contribution < -0.4 is 14.2 Å². The number of carbonyl (C=O) groups excluding carboxylic acids is 1. The summed E-state index contributed by atoms with van der Waals surface area (Å²) in [7, 11) is -0.370. The smallest absolute Gasteiger partial charge is 0.263 e. The Morgan fingerprint density at radius 3 is 2.50 bits per heavy atom. The number of hydrogen-bond donors (Lipinski definition) is 1. The van der Waals surface area contributed by atoms with E-state index in [0.717, 1.165) is 5.75 Å². The molecular formula is C19H21N3O5S. The van der Waals surface area contributed by atoms with Gasteiger partial charge in [-0.3, -0.25) is 14.5 Å². The minimum absolute atomic E-state index is 0.161. The van der Waals surface area contributed by atoms with Crippen molar-refractivity contribution in [3.05, 3.63) is 54.1 Å². The number of likely N-dealkylation sites (N-methyl/N-ethyl adjacent to an activating group) is 1. The molecule has 0 spiro atoms. The van der Waals surface area contributed by atoms with E-state index >= 15 is 0 Å². The van der Waals surface area contributed by atoms with Gasteiger partial charge in [-0.25, -0.2) is 8.42 Å². The lowest BCUT2D eigenvalue weighted by Gasteiger charge is -2.16. The van der Waals surface area contributed by atoms with Crippen molar-refractivity contribution in [3.8, 4) is 11.5 Å². The van der Waals surface area contributed by atoms with Gasteiger partial charge in [0, 0.05) is 12.6 Å². The molecular weight excluding hydrogens is 382 g/mol. The minimum Gasteiger partial charge on any atom is -0.497 e. The zero-order valence-corrected chi connectivity index (χ0v) is 16.4. The Labute approximate surface area is 163 Å². The summed E-state index contributed by atoms with van der Waals surface area (Å²) in [5, 5.41) is 0. The predicted molar refractivity (Wildman–Crippen MR) is 104 cm³/mol. The highest BCUT2D eigenvalue weighted by Crippen LogP contribution is 2.22. The lowest BCUT2D eigenvalue weighted by Crippen LogP contribution is -2.33. The Morgan fingerprint density at radius 2 is 1.79 bits per heavy atom. The van der Waals surface area contributed by atoms with Crippen molar-refractivity contribution in [3.63, 3.8) is 0 Å². The van der Waals surface area contributed by atoms with Crippen LogP contribution in [0.3, 0.4) is 0 Å². The number of carbonyl (C=O) groups is 1. The summed E-state index contributed by atoms with van der Waals surface area (Å²) < 4.78 is 37.2. The molecule has 1 N–H and O–H groups in total. The molecule has 1 aliphatic rings. The quantitative estimate of drug-likeness (QED) is 0.751. The molecule has 0 bridgehead atoms. The molecule has 1 heterocycles. The van der Waals surface area contributed by atoms with Gasteiger partial charge in [0.05, 0.1) is 18.6 Å². The average Bonchev–Trinajstić information content (AvgIpc) is 2.97. The van der Waals surface area contributed by atoms with Crippen LogP contribution in [0.15, 0.2) is 58.4 Å². The molecule has 28 heavy (non-hydrogen) atoms. The monoisotopic (exact) mass is 403 g/mol. The summed E-state index contributed by atoms with van der Waals surface area (Å²) in [6.45, 7) is 0.532. The Kier molecular flexibility index (Phi) is 5.84. The molecule has 2 aromatic rings. The van der Waals surface area contributed by atoms with Gasteiger partial charge in [0.15, 0.2) is 0 Å². The van der Waals surface area contributed by atoms with Crippen molar-refractivity contribution in [2.75, 3.05) is 33.9 Å². The summed E-state index contributed by atoms with van der Waals surface area (Å²) in [5.74, 6) is 1.36. The van der Waals surface area contributed by atoms with Crippen LogP contribution >= 0.6 is 0 Å². The maximum Gasteiger partial charge on any atom is 0.263 e. The van der Waals surface area contributed by atoms with Gasteiger partial charge in [0.25, 0.3) is 10.0 Å². The summed E-state index contributed by atoms with van der Waals surface area (Å²) in [5.41, 5.74) is 0.473. The van der Waals surface area contributed by atoms with Crippen LogP contribution in [0.2, 0.25) is 0 Å². The van der Waals surface area contributed by atoms with Gasteiger partial charge in [-0.2, -0.15) is 0 Å². The molecule has 1 aliphatic heterocycles. The zero-order chi connectivity index (χ0) is 20.1. The lowest BCUT2D eigenvalue weighted by atomic mass is 10.2. The fraction of sp³-hybridized carbons (Fsp3) is 0.263. The standard InChI is InChI=1S/C19H21N3O5S/c1-22(11-12-27-15-9-7-14(26-2)8-10-15)18(23)13-20-19-16-5-3-4-6-17(16)28(24,25)21-19/h3-10H,11-13H2,1-2H3,(H,20,21). The van der Waals surface area contributed by atoms with E-state index in [4.69, 9.17) is 9.47 Å². The molecule has 2 aromatic carbocycles. The highest BCUT2D eigenvalue weighted by atomic mass is 32.2. The Hall–Kier alpha value is -3.07. The molecule has 0 saturated heterocycles. The third-order valence-corrected chi connectivity index (χ3v) is 5.61. The molecule has 1 amide bonds. The first-order valence-electron chi connectivity index (χ1n) is 8.58. The van der Waals surface area contributed by atoms with Gasteiger partial charge in [0.1, 0.15) is 30.5 Å². The van der Waals surface area contributed by atoms with Gasteiger partial charge in [-0.05, 0) is 36.4 Å². The normalized spacial score (nSPS) is 15.6. The van der Waals surface area contributed by atoms with E-state index in [1.165, 1.54) is 11.0 Å². The van der Waals surface area contributed by atoms with Crippen molar-refractivity contribution in [2.45, 2.75) is 4.90 Å². The van der Waals surface area contributed by atoms with Crippen LogP contribution in [-0.4, -0.2) is 58.9 Å². The van der Waals surface area contributed by atoms with Crippen LogP contribution in [-0.2, 0) is 14.8 Å². The van der Waals surface area contributed by atoms with Crippen LogP contribution in [0.25, 0.3) is 0 Å². The van der Waals surface area contributed by atoms with E-state index in [9.17, 15) is 13.2 Å². The molecule has 0 saturated carbocycles. The van der Waals surface area contributed by atoms with Gasteiger partial charge in [-0.15, -0.1) is 0 Å². The van der Waals surface area contributed by atoms with Crippen molar-refractivity contribution in [1.82, 2.24) is 9.62 Å². The first-order valence-corrected chi connectivity index (χ1v) is 10.1. The maximum absolute atomic E-state index is 12.3. The molecule has 0 radical (unpaired) electrons. The molecule has 0 unspecified atom stereocenters. The highest BCUT2D eigenvalue weighted by Gasteiger charge is 2.30. The molecule has 0 fully saturated rings. The number of nitrogens with zero attached hydrogens (tertiary/aromatic N) is 2. The second kappa shape index (κ2) is 8.30. The maximum atomic E-state index is 12.3. The first-order chi connectivity index (χ1) is 13.4. The number of amides is 1. The van der Waals surface area contributed by atoms with E-state index in [-0.39, 0.29) is 23.2 Å². The molecule has 148 valence electrons. The lowest BCUT2D eigenvalue weighted by molar-refractivity contribution is -0.128. The van der Waals surface area contributed by atoms with E-state index in [1.807, 2.05) is 0 Å². The summed E-state index contributed by atoms with van der Waals surface area (Å²) in [6, 6.07) is 13.7. The Bertz CT molecular complexity index is 987. The number of hydrogen-bond acceptors (Lipinski definition) is 6. The molecule has 3 rings (SSSR count). The van der Waals surface area contributed by atoms with E-state index < -0.39 is 10.0 Å². The zero-order valence-electron chi connectivity index (χ0n) is 15.6. The van der Waals surface area contributed by atoms with E-state index in [0.29, 0.717) is 24.5 Å². The fourth-order valence-corrected chi connectivity index (χ4v) is 3.87. The third-order valence-electron chi connectivity index (χ3n) is 4.22. The Morgan fingerprint density at radius 1 is 1.11 bits per heavy atom.